The number of ketones is 2. The second-order valence-electron chi connectivity index (χ2n) is 10.1. The highest BCUT2D eigenvalue weighted by molar-refractivity contribution is 6.24. The van der Waals surface area contributed by atoms with Gasteiger partial charge >= 0.3 is 0 Å². The molecule has 1 saturated carbocycles. The average molecular weight is 485 g/mol. The van der Waals surface area contributed by atoms with Crippen molar-refractivity contribution in [1.29, 1.82) is 0 Å². The Bertz CT molecular complexity index is 1250. The van der Waals surface area contributed by atoms with Crippen LogP contribution in [0.25, 0.3) is 5.76 Å². The smallest absolute Gasteiger partial charge is 0.255 e. The third-order valence-corrected chi connectivity index (χ3v) is 8.12. The van der Waals surface area contributed by atoms with Gasteiger partial charge in [0.15, 0.2) is 11.4 Å². The molecule has 1 heterocycles. The van der Waals surface area contributed by atoms with E-state index in [1.54, 1.807) is 0 Å². The highest BCUT2D eigenvalue weighted by Gasteiger charge is 2.67. The van der Waals surface area contributed by atoms with Crippen molar-refractivity contribution in [3.63, 3.8) is 0 Å². The van der Waals surface area contributed by atoms with Crippen molar-refractivity contribution in [1.82, 2.24) is 4.90 Å². The zero-order valence-corrected chi connectivity index (χ0v) is 19.0. The third-order valence-electron chi connectivity index (χ3n) is 8.12. The summed E-state index contributed by atoms with van der Waals surface area (Å²) in [6, 6.07) is 1.30. The normalized spacial score (nSPS) is 33.0. The van der Waals surface area contributed by atoms with Crippen molar-refractivity contribution in [3.05, 3.63) is 40.2 Å². The Hall–Kier alpha value is -3.41. The van der Waals surface area contributed by atoms with Gasteiger partial charge in [-0.3, -0.25) is 14.4 Å². The Morgan fingerprint density at radius 3 is 2.43 bits per heavy atom. The lowest BCUT2D eigenvalue weighted by atomic mass is 9.51. The number of aromatic hydroxyl groups is 1. The summed E-state index contributed by atoms with van der Waals surface area (Å²) in [5.41, 5.74) is 13.4. The summed E-state index contributed by atoms with van der Waals surface area (Å²) in [4.78, 5) is 40.9. The summed E-state index contributed by atoms with van der Waals surface area (Å²) >= 11 is 0. The molecule has 4 atom stereocenters. The van der Waals surface area contributed by atoms with Gasteiger partial charge in [-0.2, -0.15) is 0 Å². The standard InChI is InChI=1S/C24H28N4O7/c25-12-3-4-13(29)14-10(12)7-23(9-28-5-1-2-6-28)8-11-17(26)19(31)15(22(27)34)20(32)24(11,35)21(33)16(23)18(14)30/h3-4,11,17,29-30,32,35H,1-2,5-9,25-26H2,(H2,27,34)/t11-,17-,23-,24+/m0/s1. The molecule has 2 fully saturated rings. The minimum absolute atomic E-state index is 0.0257. The molecule has 5 rings (SSSR count). The van der Waals surface area contributed by atoms with Crippen LogP contribution >= 0.6 is 0 Å². The third kappa shape index (κ3) is 2.98. The number of nitrogen functional groups attached to an aromatic ring is 1. The Morgan fingerprint density at radius 1 is 1.14 bits per heavy atom. The molecule has 10 N–H and O–H groups in total. The van der Waals surface area contributed by atoms with Crippen molar-refractivity contribution in [2.24, 2.45) is 22.8 Å². The number of fused-ring (bicyclic) bond motifs is 3. The zero-order chi connectivity index (χ0) is 25.4. The average Bonchev–Trinajstić information content (AvgIpc) is 3.29. The Balaban J connectivity index is 1.79. The first-order valence-electron chi connectivity index (χ1n) is 11.5. The molecule has 35 heavy (non-hydrogen) atoms. The van der Waals surface area contributed by atoms with Crippen molar-refractivity contribution >= 4 is 28.9 Å². The van der Waals surface area contributed by atoms with Gasteiger partial charge in [-0.25, -0.2) is 0 Å². The Morgan fingerprint density at radius 2 is 1.80 bits per heavy atom. The summed E-state index contributed by atoms with van der Waals surface area (Å²) in [5, 5.41) is 44.3. The summed E-state index contributed by atoms with van der Waals surface area (Å²) in [7, 11) is 0. The van der Waals surface area contributed by atoms with E-state index in [0.29, 0.717) is 17.8 Å². The van der Waals surface area contributed by atoms with Crippen LogP contribution in [0.5, 0.6) is 5.75 Å². The number of phenolic OH excluding ortho intramolecular Hbond substituents is 1. The summed E-state index contributed by atoms with van der Waals surface area (Å²) in [5.74, 6) is -6.69. The number of amides is 1. The number of nitrogens with two attached hydrogens (primary N) is 3. The van der Waals surface area contributed by atoms with Gasteiger partial charge in [-0.1, -0.05) is 0 Å². The van der Waals surface area contributed by atoms with Crippen LogP contribution in [0.3, 0.4) is 0 Å². The molecule has 3 aliphatic carbocycles. The van der Waals surface area contributed by atoms with E-state index < -0.39 is 57.5 Å². The fourth-order valence-electron chi connectivity index (χ4n) is 6.49. The van der Waals surface area contributed by atoms with E-state index in [1.165, 1.54) is 12.1 Å². The predicted octanol–water partition coefficient (Wildman–Crippen LogP) is -0.591. The fourth-order valence-corrected chi connectivity index (χ4v) is 6.49. The van der Waals surface area contributed by atoms with Crippen LogP contribution < -0.4 is 17.2 Å². The molecule has 1 amide bonds. The van der Waals surface area contributed by atoms with Crippen LogP contribution in [0.2, 0.25) is 0 Å². The molecule has 0 aromatic heterocycles. The van der Waals surface area contributed by atoms with E-state index >= 15 is 0 Å². The van der Waals surface area contributed by atoms with Gasteiger partial charge in [0.05, 0.1) is 11.6 Å². The van der Waals surface area contributed by atoms with Crippen LogP contribution in [-0.4, -0.2) is 74.1 Å². The lowest BCUT2D eigenvalue weighted by molar-refractivity contribution is -0.153. The molecule has 0 radical (unpaired) electrons. The second-order valence-corrected chi connectivity index (χ2v) is 10.1. The molecule has 4 aliphatic rings. The molecule has 1 saturated heterocycles. The van der Waals surface area contributed by atoms with Crippen LogP contribution in [0.4, 0.5) is 5.69 Å². The Labute approximate surface area is 200 Å². The summed E-state index contributed by atoms with van der Waals surface area (Å²) < 4.78 is 0. The van der Waals surface area contributed by atoms with Crippen molar-refractivity contribution < 1.29 is 34.8 Å². The number of rotatable bonds is 3. The van der Waals surface area contributed by atoms with E-state index in [4.69, 9.17) is 17.2 Å². The van der Waals surface area contributed by atoms with Crippen LogP contribution in [0.1, 0.15) is 30.4 Å². The van der Waals surface area contributed by atoms with Gasteiger partial charge in [0.2, 0.25) is 5.78 Å². The maximum absolute atomic E-state index is 14.0. The number of anilines is 1. The zero-order valence-electron chi connectivity index (χ0n) is 19.0. The van der Waals surface area contributed by atoms with Gasteiger partial charge < -0.3 is 42.5 Å². The van der Waals surface area contributed by atoms with Gasteiger partial charge in [0, 0.05) is 29.1 Å². The number of Topliss-reactive ketones (excluding diaryl/α,β-unsaturated/α-hetero) is 2. The topological polar surface area (TPSA) is 213 Å². The quantitative estimate of drug-likeness (QED) is 0.164. The lowest BCUT2D eigenvalue weighted by Gasteiger charge is -2.54. The van der Waals surface area contributed by atoms with Gasteiger partial charge in [0.25, 0.3) is 5.91 Å². The highest BCUT2D eigenvalue weighted by Crippen LogP contribution is 2.58. The number of aliphatic hydroxyl groups is 3. The van der Waals surface area contributed by atoms with Crippen LogP contribution in [0.15, 0.2) is 29.0 Å². The first-order chi connectivity index (χ1) is 16.4. The van der Waals surface area contributed by atoms with E-state index in [0.717, 1.165) is 25.9 Å². The molecule has 1 aromatic rings. The molecular weight excluding hydrogens is 456 g/mol. The van der Waals surface area contributed by atoms with Crippen molar-refractivity contribution in [3.8, 4) is 5.75 Å². The largest absolute Gasteiger partial charge is 0.508 e. The van der Waals surface area contributed by atoms with Crippen LogP contribution in [0, 0.1) is 11.3 Å². The first kappa shape index (κ1) is 23.3. The summed E-state index contributed by atoms with van der Waals surface area (Å²) in [6.45, 7) is 1.81. The van der Waals surface area contributed by atoms with E-state index in [9.17, 15) is 34.8 Å². The van der Waals surface area contributed by atoms with Gasteiger partial charge in [-0.15, -0.1) is 0 Å². The SMILES string of the molecule is NC(=O)C1=C(O)[C@@]2(O)C(=O)C3=C(O)c4c(O)ccc(N)c4C[C@@]3(CN3CCCC3)C[C@H]2[C@H](N)C1=O. The number of carbonyl (C=O) groups excluding carboxylic acids is 3. The van der Waals surface area contributed by atoms with E-state index in [-0.39, 0.29) is 29.7 Å². The number of primary amides is 1. The molecule has 0 bridgehead atoms. The minimum Gasteiger partial charge on any atom is -0.508 e. The molecule has 0 spiro atoms. The highest BCUT2D eigenvalue weighted by atomic mass is 16.3. The maximum Gasteiger partial charge on any atom is 0.255 e. The monoisotopic (exact) mass is 484 g/mol. The molecule has 1 aromatic carbocycles. The summed E-state index contributed by atoms with van der Waals surface area (Å²) in [6.07, 6.45) is 1.96. The molecule has 11 heteroatoms. The minimum atomic E-state index is -2.75. The molecule has 11 nitrogen and oxygen atoms in total. The van der Waals surface area contributed by atoms with E-state index in [1.807, 2.05) is 0 Å². The van der Waals surface area contributed by atoms with Crippen molar-refractivity contribution in [2.45, 2.75) is 37.3 Å². The molecule has 1 aliphatic heterocycles. The number of benzene rings is 1. The second kappa shape index (κ2) is 7.54. The first-order valence-corrected chi connectivity index (χ1v) is 11.5. The fraction of sp³-hybridized carbons (Fsp3) is 0.458. The van der Waals surface area contributed by atoms with Crippen LogP contribution in [-0.2, 0) is 20.8 Å². The number of hydrogen-bond acceptors (Lipinski definition) is 10. The van der Waals surface area contributed by atoms with Crippen molar-refractivity contribution in [2.75, 3.05) is 25.4 Å². The molecular formula is C24H28N4O7. The number of likely N-dealkylation sites (tertiary alicyclic amines) is 1. The molecule has 0 unspecified atom stereocenters. The Kier molecular flexibility index (Phi) is 5.03. The van der Waals surface area contributed by atoms with Gasteiger partial charge in [-0.05, 0) is 56.5 Å². The number of nitrogens with zero attached hydrogens (tertiary/aromatic N) is 1. The maximum atomic E-state index is 14.0. The van der Waals surface area contributed by atoms with E-state index in [2.05, 4.69) is 4.90 Å². The van der Waals surface area contributed by atoms with Gasteiger partial charge in [0.1, 0.15) is 22.8 Å². The molecule has 186 valence electrons. The number of phenols is 1. The number of hydrogen-bond donors (Lipinski definition) is 7. The predicted molar refractivity (Wildman–Crippen MR) is 124 cm³/mol. The number of aliphatic hydroxyl groups excluding tert-OH is 2. The lowest BCUT2D eigenvalue weighted by Crippen LogP contribution is -2.68. The number of carbonyl (C=O) groups is 3.